The number of methoxy groups -OCH3 is 1. The van der Waals surface area contributed by atoms with Crippen molar-refractivity contribution < 1.29 is 14.6 Å². The molecule has 0 aliphatic carbocycles. The second-order valence-corrected chi connectivity index (χ2v) is 6.63. The van der Waals surface area contributed by atoms with Crippen molar-refractivity contribution >= 4 is 5.91 Å². The van der Waals surface area contributed by atoms with Crippen molar-refractivity contribution in [3.05, 3.63) is 23.8 Å². The molecule has 2 rings (SSSR count). The summed E-state index contributed by atoms with van der Waals surface area (Å²) in [7, 11) is 1.59. The summed E-state index contributed by atoms with van der Waals surface area (Å²) in [6, 6.07) is 5.43. The lowest BCUT2D eigenvalue weighted by Crippen LogP contribution is -2.41. The van der Waals surface area contributed by atoms with Gasteiger partial charge in [0, 0.05) is 31.1 Å². The van der Waals surface area contributed by atoms with Crippen LogP contribution in [-0.4, -0.2) is 42.7 Å². The third-order valence-electron chi connectivity index (χ3n) is 5.02. The number of likely N-dealkylation sites (tertiary alicyclic amines) is 1. The number of piperidine rings is 1. The molecule has 1 aliphatic rings. The van der Waals surface area contributed by atoms with Crippen LogP contribution in [0.25, 0.3) is 0 Å². The number of amides is 1. The van der Waals surface area contributed by atoms with E-state index in [1.807, 2.05) is 12.1 Å². The number of hydrogen-bond donors (Lipinski definition) is 2. The average Bonchev–Trinajstić information content (AvgIpc) is 2.62. The lowest BCUT2D eigenvalue weighted by Gasteiger charge is -2.38. The number of hydrogen-bond acceptors (Lipinski definition) is 4. The van der Waals surface area contributed by atoms with E-state index in [0.717, 1.165) is 31.5 Å². The van der Waals surface area contributed by atoms with Gasteiger partial charge in [0.25, 0.3) is 0 Å². The van der Waals surface area contributed by atoms with Crippen LogP contribution in [0.2, 0.25) is 0 Å². The van der Waals surface area contributed by atoms with Crippen LogP contribution in [0.5, 0.6) is 11.5 Å². The van der Waals surface area contributed by atoms with Crippen LogP contribution >= 0.6 is 0 Å². The zero-order valence-corrected chi connectivity index (χ0v) is 15.1. The van der Waals surface area contributed by atoms with E-state index in [9.17, 15) is 9.90 Å². The maximum atomic E-state index is 11.9. The maximum Gasteiger partial charge on any atom is 0.221 e. The Morgan fingerprint density at radius 2 is 2.28 bits per heavy atom. The fourth-order valence-corrected chi connectivity index (χ4v) is 3.54. The Balaban J connectivity index is 1.92. The first-order chi connectivity index (χ1) is 12.1. The van der Waals surface area contributed by atoms with E-state index in [0.29, 0.717) is 37.1 Å². The van der Waals surface area contributed by atoms with Crippen molar-refractivity contribution in [2.45, 2.75) is 32.7 Å². The van der Waals surface area contributed by atoms with E-state index in [-0.39, 0.29) is 11.7 Å². The normalized spacial score (nSPS) is 20.7. The molecule has 1 aliphatic heterocycles. The van der Waals surface area contributed by atoms with E-state index in [1.165, 1.54) is 0 Å². The number of carbonyl (C=O) groups excluding carboxylic acids is 1. The third kappa shape index (κ3) is 5.40. The molecule has 1 aromatic rings. The van der Waals surface area contributed by atoms with Crippen LogP contribution < -0.4 is 10.1 Å². The second kappa shape index (κ2) is 9.33. The highest BCUT2D eigenvalue weighted by molar-refractivity contribution is 5.76. The second-order valence-electron chi connectivity index (χ2n) is 6.63. The lowest BCUT2D eigenvalue weighted by atomic mass is 9.81. The SMILES string of the molecule is C#CCNC(=O)CC1CCN(Cc2ccc(OC)cc2O)CC1CC. The molecular formula is C20H28N2O3. The van der Waals surface area contributed by atoms with Crippen molar-refractivity contribution in [3.63, 3.8) is 0 Å². The molecule has 0 aromatic heterocycles. The molecule has 2 unspecified atom stereocenters. The molecule has 1 saturated heterocycles. The van der Waals surface area contributed by atoms with E-state index in [1.54, 1.807) is 13.2 Å². The summed E-state index contributed by atoms with van der Waals surface area (Å²) in [6.45, 7) is 5.04. The van der Waals surface area contributed by atoms with Crippen LogP contribution in [0, 0.1) is 24.2 Å². The molecule has 0 radical (unpaired) electrons. The van der Waals surface area contributed by atoms with E-state index in [4.69, 9.17) is 11.2 Å². The Morgan fingerprint density at radius 1 is 1.48 bits per heavy atom. The van der Waals surface area contributed by atoms with Gasteiger partial charge in [0.15, 0.2) is 0 Å². The molecule has 25 heavy (non-hydrogen) atoms. The Kier molecular flexibility index (Phi) is 7.15. The van der Waals surface area contributed by atoms with E-state index in [2.05, 4.69) is 23.1 Å². The minimum absolute atomic E-state index is 0.0441. The van der Waals surface area contributed by atoms with Gasteiger partial charge in [-0.05, 0) is 30.9 Å². The number of nitrogens with one attached hydrogen (secondary N) is 1. The van der Waals surface area contributed by atoms with Gasteiger partial charge in [-0.3, -0.25) is 9.69 Å². The van der Waals surface area contributed by atoms with Crippen molar-refractivity contribution in [2.75, 3.05) is 26.7 Å². The van der Waals surface area contributed by atoms with Crippen molar-refractivity contribution in [1.82, 2.24) is 10.2 Å². The Labute approximate surface area is 150 Å². The van der Waals surface area contributed by atoms with Gasteiger partial charge in [-0.2, -0.15) is 0 Å². The van der Waals surface area contributed by atoms with Crippen LogP contribution in [0.1, 0.15) is 31.7 Å². The maximum absolute atomic E-state index is 11.9. The summed E-state index contributed by atoms with van der Waals surface area (Å²) in [5, 5.41) is 12.9. The quantitative estimate of drug-likeness (QED) is 0.746. The first-order valence-electron chi connectivity index (χ1n) is 8.85. The van der Waals surface area contributed by atoms with Gasteiger partial charge < -0.3 is 15.2 Å². The first-order valence-corrected chi connectivity index (χ1v) is 8.85. The number of carbonyl (C=O) groups is 1. The molecule has 136 valence electrons. The zero-order valence-electron chi connectivity index (χ0n) is 15.1. The van der Waals surface area contributed by atoms with Gasteiger partial charge in [-0.15, -0.1) is 6.42 Å². The highest BCUT2D eigenvalue weighted by atomic mass is 16.5. The van der Waals surface area contributed by atoms with Gasteiger partial charge >= 0.3 is 0 Å². The number of rotatable bonds is 7. The smallest absolute Gasteiger partial charge is 0.221 e. The molecule has 2 atom stereocenters. The Morgan fingerprint density at radius 3 is 2.92 bits per heavy atom. The molecule has 0 spiro atoms. The summed E-state index contributed by atoms with van der Waals surface area (Å²) >= 11 is 0. The molecule has 0 saturated carbocycles. The van der Waals surface area contributed by atoms with Gasteiger partial charge in [0.2, 0.25) is 5.91 Å². The fourth-order valence-electron chi connectivity index (χ4n) is 3.54. The number of phenolic OH excluding ortho intramolecular Hbond substituents is 1. The minimum atomic E-state index is 0.0441. The van der Waals surface area contributed by atoms with Gasteiger partial charge in [0.1, 0.15) is 11.5 Å². The Hall–Kier alpha value is -2.19. The highest BCUT2D eigenvalue weighted by Gasteiger charge is 2.29. The number of aromatic hydroxyl groups is 1. The fraction of sp³-hybridized carbons (Fsp3) is 0.550. The van der Waals surface area contributed by atoms with Crippen molar-refractivity contribution in [2.24, 2.45) is 11.8 Å². The third-order valence-corrected chi connectivity index (χ3v) is 5.02. The first kappa shape index (κ1) is 19.1. The summed E-state index contributed by atoms with van der Waals surface area (Å²) in [5.41, 5.74) is 0.904. The Bertz CT molecular complexity index is 624. The van der Waals surface area contributed by atoms with E-state index >= 15 is 0 Å². The number of ether oxygens (including phenoxy) is 1. The van der Waals surface area contributed by atoms with Gasteiger partial charge in [0.05, 0.1) is 13.7 Å². The predicted octanol–water partition coefficient (Wildman–Crippen LogP) is 2.39. The van der Waals surface area contributed by atoms with Crippen LogP contribution in [0.3, 0.4) is 0 Å². The van der Waals surface area contributed by atoms with Gasteiger partial charge in [-0.25, -0.2) is 0 Å². The lowest BCUT2D eigenvalue weighted by molar-refractivity contribution is -0.122. The van der Waals surface area contributed by atoms with Crippen LogP contribution in [0.4, 0.5) is 0 Å². The summed E-state index contributed by atoms with van der Waals surface area (Å²) in [5.74, 6) is 4.27. The molecule has 5 nitrogen and oxygen atoms in total. The molecule has 1 amide bonds. The summed E-state index contributed by atoms with van der Waals surface area (Å²) in [4.78, 5) is 14.3. The highest BCUT2D eigenvalue weighted by Crippen LogP contribution is 2.31. The monoisotopic (exact) mass is 344 g/mol. The topological polar surface area (TPSA) is 61.8 Å². The minimum Gasteiger partial charge on any atom is -0.507 e. The van der Waals surface area contributed by atoms with Gasteiger partial charge in [-0.1, -0.05) is 25.3 Å². The summed E-state index contributed by atoms with van der Waals surface area (Å²) in [6.07, 6.45) is 7.75. The number of benzene rings is 1. The molecular weight excluding hydrogens is 316 g/mol. The number of phenols is 1. The zero-order chi connectivity index (χ0) is 18.2. The van der Waals surface area contributed by atoms with Crippen molar-refractivity contribution in [1.29, 1.82) is 0 Å². The molecule has 1 fully saturated rings. The molecule has 2 N–H and O–H groups in total. The molecule has 1 heterocycles. The van der Waals surface area contributed by atoms with E-state index < -0.39 is 0 Å². The molecule has 0 bridgehead atoms. The molecule has 1 aromatic carbocycles. The number of nitrogens with zero attached hydrogens (tertiary/aromatic N) is 1. The number of terminal acetylenes is 1. The molecule has 5 heteroatoms. The van der Waals surface area contributed by atoms with Crippen LogP contribution in [0.15, 0.2) is 18.2 Å². The standard InChI is InChI=1S/C20H28N2O3/c1-4-9-21-20(24)11-16-8-10-22(13-15(16)5-2)14-17-6-7-18(25-3)12-19(17)23/h1,6-7,12,15-16,23H,5,8-11,13-14H2,2-3H3,(H,21,24). The van der Waals surface area contributed by atoms with Crippen molar-refractivity contribution in [3.8, 4) is 23.8 Å². The average molecular weight is 344 g/mol. The predicted molar refractivity (Wildman–Crippen MR) is 98.3 cm³/mol. The largest absolute Gasteiger partial charge is 0.507 e. The summed E-state index contributed by atoms with van der Waals surface area (Å²) < 4.78 is 5.13. The van der Waals surface area contributed by atoms with Crippen LogP contribution in [-0.2, 0) is 11.3 Å².